The SMILES string of the molecule is CCOC(=O)CCCCC[n+]1cc(-c2ccccc2)cc2c1N=C(C)C2(C)C. The van der Waals surface area contributed by atoms with Crippen LogP contribution in [0.5, 0.6) is 0 Å². The van der Waals surface area contributed by atoms with Crippen LogP contribution in [0.25, 0.3) is 11.1 Å². The third kappa shape index (κ3) is 4.32. The number of hydrogen-bond donors (Lipinski definition) is 0. The third-order valence-corrected chi connectivity index (χ3v) is 5.65. The highest BCUT2D eigenvalue weighted by Crippen LogP contribution is 2.39. The number of aryl methyl sites for hydroxylation is 1. The number of rotatable bonds is 8. The number of benzene rings is 1. The standard InChI is InChI=1S/C24H31N2O2/c1-5-28-22(27)14-10-7-11-15-26-17-20(19-12-8-6-9-13-19)16-21-23(26)25-18(2)24(21,3)4/h6,8-9,12-13,16-17H,5,7,10-11,14-15H2,1-4H3/q+1. The Morgan fingerprint density at radius 3 is 2.57 bits per heavy atom. The maximum atomic E-state index is 11.5. The molecule has 1 aromatic heterocycles. The Morgan fingerprint density at radius 2 is 1.86 bits per heavy atom. The van der Waals surface area contributed by atoms with E-state index >= 15 is 0 Å². The molecule has 0 amide bonds. The average molecular weight is 380 g/mol. The van der Waals surface area contributed by atoms with E-state index in [9.17, 15) is 4.79 Å². The van der Waals surface area contributed by atoms with Crippen molar-refractivity contribution in [3.8, 4) is 11.1 Å². The highest BCUT2D eigenvalue weighted by atomic mass is 16.5. The average Bonchev–Trinajstić information content (AvgIpc) is 2.91. The largest absolute Gasteiger partial charge is 0.466 e. The van der Waals surface area contributed by atoms with E-state index in [2.05, 4.69) is 61.9 Å². The summed E-state index contributed by atoms with van der Waals surface area (Å²) < 4.78 is 7.30. The van der Waals surface area contributed by atoms with Crippen LogP contribution in [0.1, 0.15) is 58.9 Å². The van der Waals surface area contributed by atoms with Gasteiger partial charge in [-0.25, -0.2) is 4.57 Å². The predicted molar refractivity (Wildman–Crippen MR) is 113 cm³/mol. The van der Waals surface area contributed by atoms with Crippen LogP contribution in [0.4, 0.5) is 5.82 Å². The van der Waals surface area contributed by atoms with Gasteiger partial charge in [0.1, 0.15) is 5.71 Å². The molecular formula is C24H31N2O2+. The van der Waals surface area contributed by atoms with Gasteiger partial charge in [-0.3, -0.25) is 4.79 Å². The van der Waals surface area contributed by atoms with Crippen LogP contribution in [0.15, 0.2) is 47.6 Å². The van der Waals surface area contributed by atoms with Gasteiger partial charge in [-0.15, -0.1) is 0 Å². The molecule has 0 saturated heterocycles. The quantitative estimate of drug-likeness (QED) is 0.362. The van der Waals surface area contributed by atoms with Crippen molar-refractivity contribution in [1.82, 2.24) is 0 Å². The summed E-state index contributed by atoms with van der Waals surface area (Å²) in [5, 5.41) is 0. The van der Waals surface area contributed by atoms with E-state index in [1.54, 1.807) is 0 Å². The van der Waals surface area contributed by atoms with E-state index in [1.807, 2.05) is 13.0 Å². The van der Waals surface area contributed by atoms with Crippen molar-refractivity contribution in [2.45, 2.75) is 65.3 Å². The molecule has 1 aliphatic rings. The Bertz CT molecular complexity index is 870. The molecule has 2 aromatic rings. The fourth-order valence-electron chi connectivity index (χ4n) is 3.64. The van der Waals surface area contributed by atoms with E-state index in [0.717, 1.165) is 37.3 Å². The number of aliphatic imine (C=N–C) groups is 1. The number of esters is 1. The van der Waals surface area contributed by atoms with Crippen LogP contribution in [-0.4, -0.2) is 18.3 Å². The lowest BCUT2D eigenvalue weighted by molar-refractivity contribution is -0.684. The molecule has 2 heterocycles. The summed E-state index contributed by atoms with van der Waals surface area (Å²) in [6, 6.07) is 12.8. The minimum Gasteiger partial charge on any atom is -0.466 e. The summed E-state index contributed by atoms with van der Waals surface area (Å²) in [6.45, 7) is 9.82. The number of nitrogens with zero attached hydrogens (tertiary/aromatic N) is 2. The van der Waals surface area contributed by atoms with Crippen LogP contribution in [0.2, 0.25) is 0 Å². The maximum Gasteiger partial charge on any atom is 0.327 e. The zero-order valence-corrected chi connectivity index (χ0v) is 17.5. The van der Waals surface area contributed by atoms with Crippen molar-refractivity contribution in [2.24, 2.45) is 4.99 Å². The first-order valence-corrected chi connectivity index (χ1v) is 10.3. The summed E-state index contributed by atoms with van der Waals surface area (Å²) in [5.41, 5.74) is 4.85. The topological polar surface area (TPSA) is 42.5 Å². The zero-order chi connectivity index (χ0) is 20.1. The minimum atomic E-state index is -0.0934. The molecule has 0 radical (unpaired) electrons. The van der Waals surface area contributed by atoms with E-state index in [4.69, 9.17) is 9.73 Å². The van der Waals surface area contributed by atoms with E-state index in [1.165, 1.54) is 16.7 Å². The second kappa shape index (κ2) is 8.68. The minimum absolute atomic E-state index is 0.0498. The first-order valence-electron chi connectivity index (χ1n) is 10.3. The Hall–Kier alpha value is -2.49. The molecule has 0 unspecified atom stereocenters. The van der Waals surface area contributed by atoms with Crippen LogP contribution in [0, 0.1) is 0 Å². The molecule has 0 N–H and O–H groups in total. The van der Waals surface area contributed by atoms with E-state index < -0.39 is 0 Å². The molecule has 148 valence electrons. The van der Waals surface area contributed by atoms with Crippen LogP contribution in [-0.2, 0) is 21.5 Å². The number of hydrogen-bond acceptors (Lipinski definition) is 3. The van der Waals surface area contributed by atoms with Gasteiger partial charge in [0.25, 0.3) is 0 Å². The molecule has 0 aliphatic carbocycles. The molecule has 0 bridgehead atoms. The van der Waals surface area contributed by atoms with E-state index in [0.29, 0.717) is 13.0 Å². The van der Waals surface area contributed by atoms with Gasteiger partial charge in [0, 0.05) is 12.0 Å². The maximum absolute atomic E-state index is 11.5. The summed E-state index contributed by atoms with van der Waals surface area (Å²) >= 11 is 0. The molecule has 4 heteroatoms. The Morgan fingerprint density at radius 1 is 1.11 bits per heavy atom. The highest BCUT2D eigenvalue weighted by molar-refractivity contribution is 5.98. The number of carbonyl (C=O) groups excluding carboxylic acids is 1. The summed E-state index contributed by atoms with van der Waals surface area (Å²) in [5.74, 6) is 0.983. The smallest absolute Gasteiger partial charge is 0.327 e. The van der Waals surface area contributed by atoms with Gasteiger partial charge in [0.05, 0.1) is 30.3 Å². The lowest BCUT2D eigenvalue weighted by Gasteiger charge is -2.17. The number of aromatic nitrogens is 1. The van der Waals surface area contributed by atoms with Gasteiger partial charge in [-0.2, -0.15) is 0 Å². The molecule has 4 nitrogen and oxygen atoms in total. The highest BCUT2D eigenvalue weighted by Gasteiger charge is 2.41. The number of unbranched alkanes of at least 4 members (excludes halogenated alkanes) is 2. The second-order valence-corrected chi connectivity index (χ2v) is 7.96. The molecular weight excluding hydrogens is 348 g/mol. The molecule has 0 saturated carbocycles. The zero-order valence-electron chi connectivity index (χ0n) is 17.5. The molecule has 1 aromatic carbocycles. The normalized spacial score (nSPS) is 14.5. The van der Waals surface area contributed by atoms with Gasteiger partial charge in [-0.1, -0.05) is 30.3 Å². The van der Waals surface area contributed by atoms with Crippen molar-refractivity contribution < 1.29 is 14.1 Å². The van der Waals surface area contributed by atoms with Gasteiger partial charge in [0.2, 0.25) is 0 Å². The Kier molecular flexibility index (Phi) is 6.28. The van der Waals surface area contributed by atoms with Crippen molar-refractivity contribution in [1.29, 1.82) is 0 Å². The monoisotopic (exact) mass is 379 g/mol. The van der Waals surface area contributed by atoms with Crippen LogP contribution < -0.4 is 4.57 Å². The van der Waals surface area contributed by atoms with Gasteiger partial charge in [0.15, 0.2) is 0 Å². The number of carbonyl (C=O) groups is 1. The predicted octanol–water partition coefficient (Wildman–Crippen LogP) is 5.15. The van der Waals surface area contributed by atoms with Gasteiger partial charge in [-0.05, 0) is 63.6 Å². The first-order chi connectivity index (χ1) is 13.4. The molecule has 1 aliphatic heterocycles. The van der Waals surface area contributed by atoms with Crippen molar-refractivity contribution in [3.05, 3.63) is 48.2 Å². The van der Waals surface area contributed by atoms with Crippen LogP contribution in [0.3, 0.4) is 0 Å². The number of pyridine rings is 1. The second-order valence-electron chi connectivity index (χ2n) is 7.96. The Balaban J connectivity index is 1.78. The van der Waals surface area contributed by atoms with Gasteiger partial charge >= 0.3 is 11.8 Å². The third-order valence-electron chi connectivity index (χ3n) is 5.65. The van der Waals surface area contributed by atoms with Gasteiger partial charge < -0.3 is 4.74 Å². The molecule has 28 heavy (non-hydrogen) atoms. The lowest BCUT2D eigenvalue weighted by atomic mass is 9.82. The fourth-order valence-corrected chi connectivity index (χ4v) is 3.64. The number of ether oxygens (including phenoxy) is 1. The van der Waals surface area contributed by atoms with Crippen molar-refractivity contribution >= 4 is 17.5 Å². The van der Waals surface area contributed by atoms with E-state index in [-0.39, 0.29) is 11.4 Å². The first kappa shape index (κ1) is 20.2. The fraction of sp³-hybridized carbons (Fsp3) is 0.458. The molecule has 0 atom stereocenters. The molecule has 0 spiro atoms. The molecule has 0 fully saturated rings. The molecule has 3 rings (SSSR count). The lowest BCUT2D eigenvalue weighted by Crippen LogP contribution is -2.35. The summed E-state index contributed by atoms with van der Waals surface area (Å²) in [7, 11) is 0. The summed E-state index contributed by atoms with van der Waals surface area (Å²) in [6.07, 6.45) is 5.61. The summed E-state index contributed by atoms with van der Waals surface area (Å²) in [4.78, 5) is 16.4. The van der Waals surface area contributed by atoms with Crippen molar-refractivity contribution in [3.63, 3.8) is 0 Å². The Labute approximate surface area is 168 Å². The van der Waals surface area contributed by atoms with Crippen molar-refractivity contribution in [2.75, 3.05) is 6.61 Å². The number of fused-ring (bicyclic) bond motifs is 1. The van der Waals surface area contributed by atoms with Crippen LogP contribution >= 0.6 is 0 Å².